The molecule has 0 spiro atoms. The van der Waals surface area contributed by atoms with Crippen LogP contribution in [-0.4, -0.2) is 27.6 Å². The zero-order chi connectivity index (χ0) is 18.7. The highest BCUT2D eigenvalue weighted by Crippen LogP contribution is 2.32. The van der Waals surface area contributed by atoms with Gasteiger partial charge in [0.1, 0.15) is 23.1 Å². The molecule has 2 aromatic heterocycles. The average Bonchev–Trinajstić information content (AvgIpc) is 3.25. The molecule has 0 aliphatic carbocycles. The number of aromatic nitrogens is 2. The lowest BCUT2D eigenvalue weighted by molar-refractivity contribution is 0.0746. The number of halogens is 2. The summed E-state index contributed by atoms with van der Waals surface area (Å²) in [5.74, 6) is 0.985. The maximum absolute atomic E-state index is 12.5. The van der Waals surface area contributed by atoms with E-state index in [0.29, 0.717) is 28.1 Å². The quantitative estimate of drug-likeness (QED) is 0.630. The van der Waals surface area contributed by atoms with Crippen LogP contribution in [0.4, 0.5) is 0 Å². The first-order valence-corrected chi connectivity index (χ1v) is 8.59. The smallest absolute Gasteiger partial charge is 0.289 e. The van der Waals surface area contributed by atoms with Crippen molar-refractivity contribution in [3.8, 4) is 5.75 Å². The fraction of sp³-hybridized carbons (Fsp3) is 0.222. The van der Waals surface area contributed by atoms with E-state index in [-0.39, 0.29) is 18.3 Å². The van der Waals surface area contributed by atoms with E-state index < -0.39 is 0 Å². The Bertz CT molecular complexity index is 920. The van der Waals surface area contributed by atoms with Crippen LogP contribution >= 0.6 is 23.2 Å². The van der Waals surface area contributed by atoms with Crippen LogP contribution in [0.25, 0.3) is 0 Å². The summed E-state index contributed by atoms with van der Waals surface area (Å²) in [4.78, 5) is 14.1. The topological polar surface area (TPSA) is 60.5 Å². The zero-order valence-corrected chi connectivity index (χ0v) is 15.8. The van der Waals surface area contributed by atoms with Crippen LogP contribution in [0.1, 0.15) is 22.0 Å². The van der Waals surface area contributed by atoms with Gasteiger partial charge in [-0.3, -0.25) is 9.48 Å². The van der Waals surface area contributed by atoms with E-state index in [1.807, 2.05) is 13.1 Å². The Morgan fingerprint density at radius 2 is 2.08 bits per heavy atom. The number of hydrogen-bond donors (Lipinski definition) is 0. The van der Waals surface area contributed by atoms with E-state index in [1.165, 1.54) is 0 Å². The van der Waals surface area contributed by atoms with Gasteiger partial charge < -0.3 is 14.1 Å². The minimum atomic E-state index is -0.224. The zero-order valence-electron chi connectivity index (χ0n) is 14.3. The summed E-state index contributed by atoms with van der Waals surface area (Å²) < 4.78 is 12.9. The van der Waals surface area contributed by atoms with Gasteiger partial charge in [-0.1, -0.05) is 29.3 Å². The lowest BCUT2D eigenvalue weighted by Crippen LogP contribution is -2.26. The third-order valence-corrected chi connectivity index (χ3v) is 4.63. The molecule has 0 unspecified atom stereocenters. The molecular formula is C18H17Cl2N3O3. The molecule has 0 aliphatic rings. The highest BCUT2D eigenvalue weighted by Gasteiger charge is 2.18. The molecule has 2 heterocycles. The Balaban J connectivity index is 1.62. The number of aryl methyl sites for hydroxylation is 1. The van der Waals surface area contributed by atoms with Crippen molar-refractivity contribution in [1.29, 1.82) is 0 Å². The highest BCUT2D eigenvalue weighted by atomic mass is 35.5. The van der Waals surface area contributed by atoms with Gasteiger partial charge in [0.05, 0.1) is 17.3 Å². The van der Waals surface area contributed by atoms with Crippen molar-refractivity contribution in [2.45, 2.75) is 13.2 Å². The van der Waals surface area contributed by atoms with Crippen molar-refractivity contribution in [2.75, 3.05) is 7.05 Å². The standard InChI is InChI=1S/C18H17Cl2N3O3/c1-22(10-12-8-9-21-23(12)2)18(24)16-7-6-13(26-16)11-25-15-5-3-4-14(19)17(15)20/h3-9H,10-11H2,1-2H3. The molecule has 26 heavy (non-hydrogen) atoms. The summed E-state index contributed by atoms with van der Waals surface area (Å²) in [6.45, 7) is 0.568. The molecular weight excluding hydrogens is 377 g/mol. The molecule has 0 atom stereocenters. The summed E-state index contributed by atoms with van der Waals surface area (Å²) in [7, 11) is 3.54. The van der Waals surface area contributed by atoms with E-state index in [1.54, 1.807) is 53.2 Å². The minimum absolute atomic E-state index is 0.138. The number of hydrogen-bond acceptors (Lipinski definition) is 4. The van der Waals surface area contributed by atoms with Crippen molar-refractivity contribution in [3.63, 3.8) is 0 Å². The Morgan fingerprint density at radius 3 is 2.81 bits per heavy atom. The van der Waals surface area contributed by atoms with Crippen LogP contribution in [0.2, 0.25) is 10.0 Å². The fourth-order valence-corrected chi connectivity index (χ4v) is 2.72. The predicted molar refractivity (Wildman–Crippen MR) is 98.5 cm³/mol. The first-order chi connectivity index (χ1) is 12.5. The van der Waals surface area contributed by atoms with E-state index in [9.17, 15) is 4.79 Å². The summed E-state index contributed by atoms with van der Waals surface area (Å²) in [6.07, 6.45) is 1.69. The first-order valence-electron chi connectivity index (χ1n) is 7.83. The molecule has 0 fully saturated rings. The number of carbonyl (C=O) groups is 1. The van der Waals surface area contributed by atoms with Gasteiger partial charge in [-0.2, -0.15) is 5.10 Å². The first kappa shape index (κ1) is 18.4. The largest absolute Gasteiger partial charge is 0.484 e. The Labute approximate surface area is 160 Å². The summed E-state index contributed by atoms with van der Waals surface area (Å²) in [5.41, 5.74) is 0.923. The van der Waals surface area contributed by atoms with Gasteiger partial charge in [0, 0.05) is 20.3 Å². The van der Waals surface area contributed by atoms with Gasteiger partial charge in [-0.25, -0.2) is 0 Å². The van der Waals surface area contributed by atoms with Crippen molar-refractivity contribution in [1.82, 2.24) is 14.7 Å². The van der Waals surface area contributed by atoms with Crippen molar-refractivity contribution in [2.24, 2.45) is 7.05 Å². The predicted octanol–water partition coefficient (Wildman–Crippen LogP) is 4.17. The monoisotopic (exact) mass is 393 g/mol. The molecule has 3 aromatic rings. The van der Waals surface area contributed by atoms with Gasteiger partial charge in [-0.05, 0) is 30.3 Å². The Morgan fingerprint density at radius 1 is 1.27 bits per heavy atom. The van der Waals surface area contributed by atoms with E-state index in [4.69, 9.17) is 32.4 Å². The molecule has 0 N–H and O–H groups in total. The van der Waals surface area contributed by atoms with Crippen LogP contribution in [0.5, 0.6) is 5.75 Å². The summed E-state index contributed by atoms with van der Waals surface area (Å²) >= 11 is 12.0. The van der Waals surface area contributed by atoms with E-state index in [2.05, 4.69) is 5.10 Å². The van der Waals surface area contributed by atoms with Crippen molar-refractivity contribution >= 4 is 29.1 Å². The van der Waals surface area contributed by atoms with Crippen LogP contribution in [0.3, 0.4) is 0 Å². The molecule has 6 nitrogen and oxygen atoms in total. The number of benzene rings is 1. The third-order valence-electron chi connectivity index (χ3n) is 3.83. The Hall–Kier alpha value is -2.44. The number of amides is 1. The maximum Gasteiger partial charge on any atom is 0.289 e. The second kappa shape index (κ2) is 7.85. The fourth-order valence-electron chi connectivity index (χ4n) is 2.37. The minimum Gasteiger partial charge on any atom is -0.484 e. The van der Waals surface area contributed by atoms with E-state index in [0.717, 1.165) is 5.69 Å². The molecule has 0 saturated heterocycles. The van der Waals surface area contributed by atoms with Crippen LogP contribution in [0.15, 0.2) is 47.0 Å². The number of furan rings is 1. The molecule has 0 radical (unpaired) electrons. The molecule has 0 saturated carbocycles. The van der Waals surface area contributed by atoms with E-state index >= 15 is 0 Å². The maximum atomic E-state index is 12.5. The number of ether oxygens (including phenoxy) is 1. The number of rotatable bonds is 6. The van der Waals surface area contributed by atoms with Crippen LogP contribution in [-0.2, 0) is 20.2 Å². The molecule has 0 bridgehead atoms. The number of nitrogens with zero attached hydrogens (tertiary/aromatic N) is 3. The van der Waals surface area contributed by atoms with Gasteiger partial charge in [0.25, 0.3) is 5.91 Å². The van der Waals surface area contributed by atoms with Crippen molar-refractivity contribution < 1.29 is 13.9 Å². The highest BCUT2D eigenvalue weighted by molar-refractivity contribution is 6.42. The third kappa shape index (κ3) is 4.03. The lowest BCUT2D eigenvalue weighted by atomic mass is 10.3. The normalized spacial score (nSPS) is 10.8. The second-order valence-corrected chi connectivity index (χ2v) is 6.50. The summed E-state index contributed by atoms with van der Waals surface area (Å²) in [6, 6.07) is 10.3. The van der Waals surface area contributed by atoms with Gasteiger partial charge >= 0.3 is 0 Å². The van der Waals surface area contributed by atoms with Crippen molar-refractivity contribution in [3.05, 3.63) is 69.9 Å². The van der Waals surface area contributed by atoms with Gasteiger partial charge in [0.2, 0.25) is 0 Å². The molecule has 1 aromatic carbocycles. The molecule has 1 amide bonds. The molecule has 3 rings (SSSR count). The lowest BCUT2D eigenvalue weighted by Gasteiger charge is -2.15. The van der Waals surface area contributed by atoms with Crippen LogP contribution < -0.4 is 4.74 Å². The van der Waals surface area contributed by atoms with Gasteiger partial charge in [0.15, 0.2) is 5.76 Å². The molecule has 8 heteroatoms. The van der Waals surface area contributed by atoms with Crippen LogP contribution in [0, 0.1) is 0 Å². The molecule has 136 valence electrons. The SMILES string of the molecule is CN(Cc1ccnn1C)C(=O)c1ccc(COc2cccc(Cl)c2Cl)o1. The second-order valence-electron chi connectivity index (χ2n) is 5.71. The number of carbonyl (C=O) groups excluding carboxylic acids is 1. The molecule has 0 aliphatic heterocycles. The average molecular weight is 394 g/mol. The summed E-state index contributed by atoms with van der Waals surface area (Å²) in [5, 5.41) is 4.84. The Kier molecular flexibility index (Phi) is 5.54. The van der Waals surface area contributed by atoms with Gasteiger partial charge in [-0.15, -0.1) is 0 Å².